The van der Waals surface area contributed by atoms with Gasteiger partial charge in [0, 0.05) is 16.7 Å². The topological polar surface area (TPSA) is 9.23 Å². The lowest BCUT2D eigenvalue weighted by Crippen LogP contribution is -1.99. The molecule has 1 rings (SSSR count). The number of ether oxygens (including phenoxy) is 1. The third kappa shape index (κ3) is 4.32. The van der Waals surface area contributed by atoms with Crippen LogP contribution in [0.5, 0.6) is 0 Å². The molecule has 0 aliphatic heterocycles. The van der Waals surface area contributed by atoms with Gasteiger partial charge in [0.15, 0.2) is 0 Å². The molecule has 0 amide bonds. The van der Waals surface area contributed by atoms with Crippen molar-refractivity contribution in [1.82, 2.24) is 0 Å². The van der Waals surface area contributed by atoms with Crippen molar-refractivity contribution in [3.05, 3.63) is 33.8 Å². The molecule has 0 heterocycles. The normalized spacial score (nSPS) is 10.5. The lowest BCUT2D eigenvalue weighted by atomic mass is 10.2. The van der Waals surface area contributed by atoms with Crippen molar-refractivity contribution in [3.63, 3.8) is 0 Å². The molecule has 3 heteroatoms. The van der Waals surface area contributed by atoms with Crippen molar-refractivity contribution < 1.29 is 4.74 Å². The first kappa shape index (κ1) is 11.8. The Morgan fingerprint density at radius 2 is 1.71 bits per heavy atom. The second kappa shape index (κ2) is 6.28. The minimum absolute atomic E-state index is 0.683. The largest absolute Gasteiger partial charge is 0.381 e. The minimum Gasteiger partial charge on any atom is -0.381 e. The molecule has 0 atom stereocenters. The van der Waals surface area contributed by atoms with Crippen LogP contribution in [0.15, 0.2) is 18.2 Å². The molecule has 0 aromatic heterocycles. The molecule has 0 N–H and O–H groups in total. The molecule has 0 bridgehead atoms. The zero-order valence-electron chi connectivity index (χ0n) is 8.22. The van der Waals surface area contributed by atoms with Crippen LogP contribution in [0.1, 0.15) is 18.9 Å². The van der Waals surface area contributed by atoms with Gasteiger partial charge in [-0.25, -0.2) is 0 Å². The lowest BCUT2D eigenvalue weighted by molar-refractivity contribution is 0.138. The third-order valence-electron chi connectivity index (χ3n) is 1.81. The number of benzene rings is 1. The number of hydrogen-bond donors (Lipinski definition) is 0. The van der Waals surface area contributed by atoms with Gasteiger partial charge in [-0.05, 0) is 36.6 Å². The smallest absolute Gasteiger partial charge is 0.0506 e. The Balaban J connectivity index is 2.42. The van der Waals surface area contributed by atoms with Gasteiger partial charge in [-0.3, -0.25) is 0 Å². The molecule has 1 aromatic carbocycles. The van der Waals surface area contributed by atoms with Gasteiger partial charge in [0.25, 0.3) is 0 Å². The van der Waals surface area contributed by atoms with Gasteiger partial charge in [0.05, 0.1) is 6.61 Å². The average Bonchev–Trinajstić information content (AvgIpc) is 2.11. The Hall–Kier alpha value is -0.240. The maximum absolute atomic E-state index is 5.86. The summed E-state index contributed by atoms with van der Waals surface area (Å²) in [5, 5.41) is 1.37. The van der Waals surface area contributed by atoms with E-state index in [-0.39, 0.29) is 0 Å². The number of rotatable bonds is 5. The van der Waals surface area contributed by atoms with Crippen LogP contribution < -0.4 is 0 Å². The van der Waals surface area contributed by atoms with E-state index in [2.05, 4.69) is 6.92 Å². The van der Waals surface area contributed by atoms with E-state index in [9.17, 15) is 0 Å². The van der Waals surface area contributed by atoms with Gasteiger partial charge in [0.1, 0.15) is 0 Å². The Labute approximate surface area is 95.0 Å². The van der Waals surface area contributed by atoms with E-state index in [0.717, 1.165) is 31.6 Å². The van der Waals surface area contributed by atoms with Crippen molar-refractivity contribution in [2.24, 2.45) is 0 Å². The van der Waals surface area contributed by atoms with Gasteiger partial charge in [0.2, 0.25) is 0 Å². The summed E-state index contributed by atoms with van der Waals surface area (Å²) in [6.07, 6.45) is 1.91. The van der Waals surface area contributed by atoms with E-state index in [0.29, 0.717) is 10.0 Å². The summed E-state index contributed by atoms with van der Waals surface area (Å²) < 4.78 is 5.38. The zero-order chi connectivity index (χ0) is 10.4. The average molecular weight is 233 g/mol. The summed E-state index contributed by atoms with van der Waals surface area (Å²) in [7, 11) is 0. The van der Waals surface area contributed by atoms with Crippen LogP contribution >= 0.6 is 23.2 Å². The highest BCUT2D eigenvalue weighted by atomic mass is 35.5. The predicted octanol–water partition coefficient (Wildman–Crippen LogP) is 3.96. The Bertz CT molecular complexity index is 266. The van der Waals surface area contributed by atoms with E-state index in [4.69, 9.17) is 27.9 Å². The molecule has 0 saturated carbocycles. The third-order valence-corrected chi connectivity index (χ3v) is 2.24. The molecule has 1 aromatic rings. The van der Waals surface area contributed by atoms with Crippen molar-refractivity contribution in [2.75, 3.05) is 13.2 Å². The zero-order valence-corrected chi connectivity index (χ0v) is 9.74. The first-order chi connectivity index (χ1) is 6.72. The van der Waals surface area contributed by atoms with Gasteiger partial charge in [-0.2, -0.15) is 0 Å². The number of halogens is 2. The summed E-state index contributed by atoms with van der Waals surface area (Å²) >= 11 is 11.7. The van der Waals surface area contributed by atoms with Gasteiger partial charge < -0.3 is 4.74 Å². The first-order valence-corrected chi connectivity index (χ1v) is 5.50. The fourth-order valence-electron chi connectivity index (χ4n) is 1.19. The van der Waals surface area contributed by atoms with Crippen molar-refractivity contribution in [2.45, 2.75) is 19.8 Å². The van der Waals surface area contributed by atoms with Crippen molar-refractivity contribution >= 4 is 23.2 Å². The molecule has 0 unspecified atom stereocenters. The standard InChI is InChI=1S/C11H14Cl2O/c1-2-4-14-5-3-9-6-10(12)8-11(13)7-9/h6-8H,2-5H2,1H3. The van der Waals surface area contributed by atoms with Crippen molar-refractivity contribution in [3.8, 4) is 0 Å². The molecule has 78 valence electrons. The molecule has 0 saturated heterocycles. The first-order valence-electron chi connectivity index (χ1n) is 4.75. The highest BCUT2D eigenvalue weighted by Crippen LogP contribution is 2.19. The van der Waals surface area contributed by atoms with E-state index >= 15 is 0 Å². The van der Waals surface area contributed by atoms with Crippen LogP contribution in [0.25, 0.3) is 0 Å². The second-order valence-electron chi connectivity index (χ2n) is 3.14. The quantitative estimate of drug-likeness (QED) is 0.699. The Morgan fingerprint density at radius 3 is 2.29 bits per heavy atom. The Morgan fingerprint density at radius 1 is 1.07 bits per heavy atom. The predicted molar refractivity (Wildman–Crippen MR) is 61.3 cm³/mol. The molecular weight excluding hydrogens is 219 g/mol. The maximum Gasteiger partial charge on any atom is 0.0506 e. The van der Waals surface area contributed by atoms with Gasteiger partial charge in [-0.15, -0.1) is 0 Å². The van der Waals surface area contributed by atoms with E-state index < -0.39 is 0 Å². The van der Waals surface area contributed by atoms with E-state index in [1.54, 1.807) is 6.07 Å². The molecule has 0 fully saturated rings. The minimum atomic E-state index is 0.683. The summed E-state index contributed by atoms with van der Waals surface area (Å²) in [4.78, 5) is 0. The molecule has 0 radical (unpaired) electrons. The van der Waals surface area contributed by atoms with E-state index in [1.165, 1.54) is 0 Å². The summed E-state index contributed by atoms with van der Waals surface area (Å²) in [5.41, 5.74) is 1.12. The Kier molecular flexibility index (Phi) is 5.31. The molecular formula is C11H14Cl2O. The summed E-state index contributed by atoms with van der Waals surface area (Å²) in [6, 6.07) is 5.57. The highest BCUT2D eigenvalue weighted by Gasteiger charge is 1.98. The maximum atomic E-state index is 5.86. The van der Waals surface area contributed by atoms with Gasteiger partial charge in [-0.1, -0.05) is 30.1 Å². The van der Waals surface area contributed by atoms with Crippen LogP contribution in [0.3, 0.4) is 0 Å². The fourth-order valence-corrected chi connectivity index (χ4v) is 1.76. The SMILES string of the molecule is CCCOCCc1cc(Cl)cc(Cl)c1. The number of hydrogen-bond acceptors (Lipinski definition) is 1. The van der Waals surface area contributed by atoms with Crippen LogP contribution in [0, 0.1) is 0 Å². The van der Waals surface area contributed by atoms with Crippen LogP contribution in [-0.4, -0.2) is 13.2 Å². The van der Waals surface area contributed by atoms with Crippen LogP contribution in [0.2, 0.25) is 10.0 Å². The molecule has 0 aliphatic rings. The second-order valence-corrected chi connectivity index (χ2v) is 4.01. The molecule has 0 spiro atoms. The molecule has 0 aliphatic carbocycles. The van der Waals surface area contributed by atoms with E-state index in [1.807, 2.05) is 12.1 Å². The molecule has 14 heavy (non-hydrogen) atoms. The van der Waals surface area contributed by atoms with Crippen LogP contribution in [0.4, 0.5) is 0 Å². The van der Waals surface area contributed by atoms with Gasteiger partial charge >= 0.3 is 0 Å². The van der Waals surface area contributed by atoms with Crippen LogP contribution in [-0.2, 0) is 11.2 Å². The summed E-state index contributed by atoms with van der Waals surface area (Å²) in [6.45, 7) is 3.63. The lowest BCUT2D eigenvalue weighted by Gasteiger charge is -2.04. The molecule has 1 nitrogen and oxygen atoms in total. The highest BCUT2D eigenvalue weighted by molar-refractivity contribution is 6.34. The summed E-state index contributed by atoms with van der Waals surface area (Å²) in [5.74, 6) is 0. The van der Waals surface area contributed by atoms with Crippen molar-refractivity contribution in [1.29, 1.82) is 0 Å². The fraction of sp³-hybridized carbons (Fsp3) is 0.455. The monoisotopic (exact) mass is 232 g/mol.